The van der Waals surface area contributed by atoms with Gasteiger partial charge in [-0.2, -0.15) is 5.26 Å². The first kappa shape index (κ1) is 14.8. The third-order valence-electron chi connectivity index (χ3n) is 3.33. The maximum Gasteiger partial charge on any atom is 0.251 e. The minimum Gasteiger partial charge on any atom is -0.352 e. The van der Waals surface area contributed by atoms with Crippen molar-refractivity contribution >= 4 is 5.91 Å². The zero-order valence-electron chi connectivity index (χ0n) is 12.1. The number of nitriles is 1. The topological polar surface area (TPSA) is 52.9 Å². The quantitative estimate of drug-likeness (QED) is 0.847. The maximum absolute atomic E-state index is 12.3. The molecule has 106 valence electrons. The smallest absolute Gasteiger partial charge is 0.251 e. The van der Waals surface area contributed by atoms with Gasteiger partial charge in [-0.25, -0.2) is 0 Å². The molecule has 3 nitrogen and oxygen atoms in total. The molecule has 0 radical (unpaired) electrons. The van der Waals surface area contributed by atoms with Crippen LogP contribution >= 0.6 is 0 Å². The molecule has 0 fully saturated rings. The molecule has 0 heterocycles. The second kappa shape index (κ2) is 7.25. The molecule has 0 spiro atoms. The Labute approximate surface area is 125 Å². The van der Waals surface area contributed by atoms with Crippen molar-refractivity contribution in [2.75, 3.05) is 6.54 Å². The van der Waals surface area contributed by atoms with Crippen LogP contribution in [0.4, 0.5) is 0 Å². The summed E-state index contributed by atoms with van der Waals surface area (Å²) in [7, 11) is 0. The summed E-state index contributed by atoms with van der Waals surface area (Å²) in [6, 6.07) is 16.9. The molecule has 0 aromatic heterocycles. The van der Waals surface area contributed by atoms with E-state index in [1.54, 1.807) is 12.1 Å². The molecule has 0 saturated heterocycles. The molecule has 0 aliphatic heterocycles. The number of carbonyl (C=O) groups is 1. The van der Waals surface area contributed by atoms with E-state index in [0.717, 1.165) is 24.0 Å². The highest BCUT2D eigenvalue weighted by Crippen LogP contribution is 2.26. The van der Waals surface area contributed by atoms with Gasteiger partial charge in [0.05, 0.1) is 11.6 Å². The first-order chi connectivity index (χ1) is 10.3. The van der Waals surface area contributed by atoms with E-state index in [2.05, 4.69) is 18.3 Å². The summed E-state index contributed by atoms with van der Waals surface area (Å²) in [6.07, 6.45) is 2.00. The van der Waals surface area contributed by atoms with Gasteiger partial charge in [0.2, 0.25) is 0 Å². The Morgan fingerprint density at radius 1 is 1.10 bits per heavy atom. The monoisotopic (exact) mass is 278 g/mol. The summed E-state index contributed by atoms with van der Waals surface area (Å²) in [5.41, 5.74) is 2.77. The van der Waals surface area contributed by atoms with Gasteiger partial charge in [-0.05, 0) is 24.1 Å². The molecular formula is C18H18N2O. The van der Waals surface area contributed by atoms with E-state index >= 15 is 0 Å². The number of carbonyl (C=O) groups excluding carboxylic acids is 1. The van der Waals surface area contributed by atoms with Crippen LogP contribution in [0.3, 0.4) is 0 Å². The minimum atomic E-state index is -0.0909. The summed E-state index contributed by atoms with van der Waals surface area (Å²) in [5, 5.41) is 12.2. The average molecular weight is 278 g/mol. The average Bonchev–Trinajstić information content (AvgIpc) is 2.55. The van der Waals surface area contributed by atoms with Gasteiger partial charge in [0.25, 0.3) is 5.91 Å². The Bertz CT molecular complexity index is 671. The first-order valence-corrected chi connectivity index (χ1v) is 7.14. The van der Waals surface area contributed by atoms with Crippen LogP contribution in [0.25, 0.3) is 11.1 Å². The lowest BCUT2D eigenvalue weighted by Crippen LogP contribution is -2.24. The van der Waals surface area contributed by atoms with Gasteiger partial charge >= 0.3 is 0 Å². The summed E-state index contributed by atoms with van der Waals surface area (Å²) >= 11 is 0. The second-order valence-corrected chi connectivity index (χ2v) is 4.81. The van der Waals surface area contributed by atoms with Crippen molar-refractivity contribution in [2.24, 2.45) is 0 Å². The van der Waals surface area contributed by atoms with Gasteiger partial charge < -0.3 is 5.32 Å². The van der Waals surface area contributed by atoms with Crippen LogP contribution in [0.2, 0.25) is 0 Å². The van der Waals surface area contributed by atoms with Gasteiger partial charge in [0.1, 0.15) is 0 Å². The lowest BCUT2D eigenvalue weighted by atomic mass is 9.95. The number of rotatable bonds is 5. The summed E-state index contributed by atoms with van der Waals surface area (Å²) in [5.74, 6) is -0.0909. The molecule has 2 aromatic carbocycles. The molecule has 2 aromatic rings. The van der Waals surface area contributed by atoms with Gasteiger partial charge in [-0.3, -0.25) is 4.79 Å². The van der Waals surface area contributed by atoms with Crippen molar-refractivity contribution in [3.05, 3.63) is 59.7 Å². The van der Waals surface area contributed by atoms with Crippen molar-refractivity contribution in [2.45, 2.75) is 19.8 Å². The summed E-state index contributed by atoms with van der Waals surface area (Å²) < 4.78 is 0. The van der Waals surface area contributed by atoms with Gasteiger partial charge in [-0.1, -0.05) is 49.7 Å². The fourth-order valence-corrected chi connectivity index (χ4v) is 2.21. The molecule has 3 heteroatoms. The zero-order chi connectivity index (χ0) is 15.1. The molecule has 2 rings (SSSR count). The molecule has 0 saturated carbocycles. The Hall–Kier alpha value is -2.60. The summed E-state index contributed by atoms with van der Waals surface area (Å²) in [6.45, 7) is 2.76. The van der Waals surface area contributed by atoms with Gasteiger partial charge in [0, 0.05) is 17.7 Å². The van der Waals surface area contributed by atoms with Crippen molar-refractivity contribution in [3.63, 3.8) is 0 Å². The molecule has 0 aliphatic rings. The van der Waals surface area contributed by atoms with Crippen LogP contribution in [-0.4, -0.2) is 12.5 Å². The molecule has 0 bridgehead atoms. The predicted octanol–water partition coefficient (Wildman–Crippen LogP) is 3.76. The van der Waals surface area contributed by atoms with Gasteiger partial charge in [-0.15, -0.1) is 0 Å². The van der Waals surface area contributed by atoms with E-state index < -0.39 is 0 Å². The van der Waals surface area contributed by atoms with Crippen LogP contribution in [0, 0.1) is 11.3 Å². The molecule has 0 unspecified atom stereocenters. The Morgan fingerprint density at radius 2 is 1.76 bits per heavy atom. The fraction of sp³-hybridized carbons (Fsp3) is 0.222. The first-order valence-electron chi connectivity index (χ1n) is 7.14. The van der Waals surface area contributed by atoms with Crippen LogP contribution < -0.4 is 5.32 Å². The lowest BCUT2D eigenvalue weighted by Gasteiger charge is -2.11. The number of benzene rings is 2. The third-order valence-corrected chi connectivity index (χ3v) is 3.33. The van der Waals surface area contributed by atoms with Crippen LogP contribution in [-0.2, 0) is 0 Å². The van der Waals surface area contributed by atoms with Crippen LogP contribution in [0.15, 0.2) is 48.5 Å². The Kier molecular flexibility index (Phi) is 5.11. The predicted molar refractivity (Wildman–Crippen MR) is 83.8 cm³/mol. The summed E-state index contributed by atoms with van der Waals surface area (Å²) in [4.78, 5) is 12.3. The minimum absolute atomic E-state index is 0.0909. The standard InChI is InChI=1S/C18H18N2O/c1-2-3-12-20-18(21)17-11-7-6-10-16(17)15-9-5-4-8-14(15)13-19/h4-11H,2-3,12H2,1H3,(H,20,21). The van der Waals surface area contributed by atoms with E-state index in [1.807, 2.05) is 36.4 Å². The van der Waals surface area contributed by atoms with Crippen molar-refractivity contribution in [1.29, 1.82) is 5.26 Å². The van der Waals surface area contributed by atoms with Crippen molar-refractivity contribution < 1.29 is 4.79 Å². The van der Waals surface area contributed by atoms with Crippen molar-refractivity contribution in [1.82, 2.24) is 5.32 Å². The number of nitrogens with zero attached hydrogens (tertiary/aromatic N) is 1. The van der Waals surface area contributed by atoms with E-state index in [-0.39, 0.29) is 5.91 Å². The number of amides is 1. The highest BCUT2D eigenvalue weighted by Gasteiger charge is 2.13. The highest BCUT2D eigenvalue weighted by atomic mass is 16.1. The number of unbranched alkanes of at least 4 members (excludes halogenated alkanes) is 1. The lowest BCUT2D eigenvalue weighted by molar-refractivity contribution is 0.0954. The maximum atomic E-state index is 12.3. The Morgan fingerprint density at radius 3 is 2.48 bits per heavy atom. The second-order valence-electron chi connectivity index (χ2n) is 4.81. The van der Waals surface area contributed by atoms with E-state index in [4.69, 9.17) is 0 Å². The number of nitrogens with one attached hydrogen (secondary N) is 1. The molecule has 1 N–H and O–H groups in total. The number of hydrogen-bond donors (Lipinski definition) is 1. The SMILES string of the molecule is CCCCNC(=O)c1ccccc1-c1ccccc1C#N. The van der Waals surface area contributed by atoms with Crippen LogP contribution in [0.1, 0.15) is 35.7 Å². The molecular weight excluding hydrogens is 260 g/mol. The fourth-order valence-electron chi connectivity index (χ4n) is 2.21. The normalized spacial score (nSPS) is 9.90. The Balaban J connectivity index is 2.37. The van der Waals surface area contributed by atoms with E-state index in [1.165, 1.54) is 0 Å². The van der Waals surface area contributed by atoms with Gasteiger partial charge in [0.15, 0.2) is 0 Å². The molecule has 1 amide bonds. The van der Waals surface area contributed by atoms with E-state index in [0.29, 0.717) is 17.7 Å². The molecule has 0 aliphatic carbocycles. The van der Waals surface area contributed by atoms with Crippen molar-refractivity contribution in [3.8, 4) is 17.2 Å². The number of hydrogen-bond acceptors (Lipinski definition) is 2. The largest absolute Gasteiger partial charge is 0.352 e. The highest BCUT2D eigenvalue weighted by molar-refractivity contribution is 6.01. The molecule has 0 atom stereocenters. The van der Waals surface area contributed by atoms with Crippen LogP contribution in [0.5, 0.6) is 0 Å². The zero-order valence-corrected chi connectivity index (χ0v) is 12.1. The third kappa shape index (κ3) is 3.49. The van der Waals surface area contributed by atoms with E-state index in [9.17, 15) is 10.1 Å². The molecule has 21 heavy (non-hydrogen) atoms.